The number of unbranched alkanes of at least 4 members (excludes halogenated alkanes) is 1. The number of ether oxygens (including phenoxy) is 2. The van der Waals surface area contributed by atoms with Gasteiger partial charge in [0.25, 0.3) is 0 Å². The second kappa shape index (κ2) is 12.6. The van der Waals surface area contributed by atoms with E-state index in [1.54, 1.807) is 0 Å². The fraction of sp³-hybridized carbons (Fsp3) is 0.556. The lowest BCUT2D eigenvalue weighted by molar-refractivity contribution is -0.285. The first kappa shape index (κ1) is 25.8. The summed E-state index contributed by atoms with van der Waals surface area (Å²) in [5.74, 6) is -2.67. The molecule has 2 aromatic carbocycles. The third kappa shape index (κ3) is 7.06. The maximum Gasteiger partial charge on any atom is 0.176 e. The van der Waals surface area contributed by atoms with Gasteiger partial charge in [-0.2, -0.15) is 0 Å². The average Bonchev–Trinajstić information content (AvgIpc) is 2.81. The molecule has 0 bridgehead atoms. The maximum absolute atomic E-state index is 14.2. The fourth-order valence-electron chi connectivity index (χ4n) is 4.70. The van der Waals surface area contributed by atoms with Crippen LogP contribution in [-0.2, 0) is 22.4 Å². The number of nitrogens with one attached hydrogen (secondary N) is 1. The molecule has 1 heterocycles. The summed E-state index contributed by atoms with van der Waals surface area (Å²) in [6.45, 7) is 6.77. The Hall–Kier alpha value is -1.86. The van der Waals surface area contributed by atoms with Gasteiger partial charge in [-0.3, -0.25) is 0 Å². The second-order valence-corrected chi connectivity index (χ2v) is 8.95. The van der Waals surface area contributed by atoms with Gasteiger partial charge in [0, 0.05) is 25.1 Å². The Morgan fingerprint density at radius 3 is 2.39 bits per heavy atom. The van der Waals surface area contributed by atoms with Gasteiger partial charge < -0.3 is 20.5 Å². The summed E-state index contributed by atoms with van der Waals surface area (Å²) in [7, 11) is 0. The highest BCUT2D eigenvalue weighted by molar-refractivity contribution is 5.27. The van der Waals surface area contributed by atoms with Crippen molar-refractivity contribution in [1.29, 1.82) is 0 Å². The second-order valence-electron chi connectivity index (χ2n) is 8.95. The minimum absolute atomic E-state index is 0.393. The van der Waals surface area contributed by atoms with Gasteiger partial charge in [0.05, 0.1) is 19.1 Å². The summed E-state index contributed by atoms with van der Waals surface area (Å²) in [5.41, 5.74) is 9.75. The molecule has 1 aliphatic heterocycles. The number of benzene rings is 2. The normalized spacial score (nSPS) is 17.6. The van der Waals surface area contributed by atoms with Crippen molar-refractivity contribution in [3.05, 3.63) is 70.8 Å². The first-order chi connectivity index (χ1) is 16.0. The minimum Gasteiger partial charge on any atom is -0.349 e. The lowest BCUT2D eigenvalue weighted by Gasteiger charge is -2.45. The van der Waals surface area contributed by atoms with E-state index in [0.29, 0.717) is 38.2 Å². The monoisotopic (exact) mass is 460 g/mol. The van der Waals surface area contributed by atoms with E-state index in [4.69, 9.17) is 15.2 Å². The van der Waals surface area contributed by atoms with E-state index in [0.717, 1.165) is 38.3 Å². The highest BCUT2D eigenvalue weighted by Gasteiger charge is 2.46. The van der Waals surface area contributed by atoms with E-state index < -0.39 is 29.4 Å². The van der Waals surface area contributed by atoms with Crippen LogP contribution >= 0.6 is 0 Å². The average molecular weight is 461 g/mol. The van der Waals surface area contributed by atoms with Crippen molar-refractivity contribution in [1.82, 2.24) is 5.32 Å². The quantitative estimate of drug-likeness (QED) is 0.414. The summed E-state index contributed by atoms with van der Waals surface area (Å²) in [6, 6.07) is 11.7. The van der Waals surface area contributed by atoms with Crippen molar-refractivity contribution in [3.8, 4) is 0 Å². The number of hydrogen-bond donors (Lipinski definition) is 2. The van der Waals surface area contributed by atoms with E-state index in [1.165, 1.54) is 23.3 Å². The zero-order chi connectivity index (χ0) is 23.7. The number of nitrogens with two attached hydrogens (primary N) is 1. The highest BCUT2D eigenvalue weighted by Crippen LogP contribution is 2.42. The summed E-state index contributed by atoms with van der Waals surface area (Å²) in [5, 5.41) is 3.46. The molecule has 0 amide bonds. The van der Waals surface area contributed by atoms with Crippen LogP contribution < -0.4 is 11.1 Å². The third-order valence-corrected chi connectivity index (χ3v) is 6.39. The molecule has 2 atom stereocenters. The molecule has 6 heteroatoms. The molecule has 2 aromatic rings. The minimum atomic E-state index is -0.969. The van der Waals surface area contributed by atoms with Crippen LogP contribution in [0, 0.1) is 11.6 Å². The summed E-state index contributed by atoms with van der Waals surface area (Å²) >= 11 is 0. The molecule has 1 aliphatic rings. The Morgan fingerprint density at radius 2 is 1.73 bits per heavy atom. The molecular formula is C27H38F2N2O2. The predicted molar refractivity (Wildman–Crippen MR) is 128 cm³/mol. The van der Waals surface area contributed by atoms with E-state index in [1.807, 2.05) is 0 Å². The van der Waals surface area contributed by atoms with Gasteiger partial charge >= 0.3 is 0 Å². The first-order valence-electron chi connectivity index (χ1n) is 12.3. The van der Waals surface area contributed by atoms with Crippen LogP contribution in [0.25, 0.3) is 0 Å². The summed E-state index contributed by atoms with van der Waals surface area (Å²) in [6.07, 6.45) is 4.91. The lowest BCUT2D eigenvalue weighted by Crippen LogP contribution is -2.52. The molecule has 0 saturated carbocycles. The summed E-state index contributed by atoms with van der Waals surface area (Å²) in [4.78, 5) is 0. The Kier molecular flexibility index (Phi) is 9.80. The third-order valence-electron chi connectivity index (χ3n) is 6.39. The molecule has 1 saturated heterocycles. The molecule has 0 radical (unpaired) electrons. The zero-order valence-corrected chi connectivity index (χ0v) is 19.9. The van der Waals surface area contributed by atoms with Crippen molar-refractivity contribution >= 4 is 0 Å². The highest BCUT2D eigenvalue weighted by atomic mass is 19.1. The Balaban J connectivity index is 1.76. The van der Waals surface area contributed by atoms with Crippen LogP contribution in [0.5, 0.6) is 0 Å². The molecule has 0 spiro atoms. The lowest BCUT2D eigenvalue weighted by atomic mass is 9.80. The van der Waals surface area contributed by atoms with E-state index in [-0.39, 0.29) is 0 Å². The predicted octanol–water partition coefficient (Wildman–Crippen LogP) is 5.44. The standard InChI is InChI=1S/C27H38F2N2O2/c1-3-5-11-27(32-13-7-14-33-27)26(22-16-23(28)18-24(29)17-22)25(30)10-12-31-19-21-9-6-8-20(4-2)15-21/h6,8-9,15-18,25-26,31H,3-5,7,10-14,19,30H2,1-2H3/t25-,26?/m0/s1. The molecule has 33 heavy (non-hydrogen) atoms. The first-order valence-corrected chi connectivity index (χ1v) is 12.3. The number of hydrogen-bond acceptors (Lipinski definition) is 4. The topological polar surface area (TPSA) is 56.5 Å². The molecule has 182 valence electrons. The van der Waals surface area contributed by atoms with Gasteiger partial charge in [-0.25, -0.2) is 8.78 Å². The van der Waals surface area contributed by atoms with Crippen LogP contribution in [-0.4, -0.2) is 31.6 Å². The molecule has 1 unspecified atom stereocenters. The SMILES string of the molecule is CCCCC1(C(c2cc(F)cc(F)c2)[C@@H](N)CCNCc2cccc(CC)c2)OCCCO1. The van der Waals surface area contributed by atoms with Crippen molar-refractivity contribution < 1.29 is 18.3 Å². The van der Waals surface area contributed by atoms with Crippen LogP contribution in [0.3, 0.4) is 0 Å². The van der Waals surface area contributed by atoms with Crippen molar-refractivity contribution in [2.45, 2.75) is 76.7 Å². The van der Waals surface area contributed by atoms with Gasteiger partial charge in [-0.1, -0.05) is 44.5 Å². The van der Waals surface area contributed by atoms with E-state index >= 15 is 0 Å². The van der Waals surface area contributed by atoms with Gasteiger partial charge in [0.15, 0.2) is 5.79 Å². The molecule has 0 aromatic heterocycles. The fourth-order valence-corrected chi connectivity index (χ4v) is 4.70. The van der Waals surface area contributed by atoms with Gasteiger partial charge in [0.2, 0.25) is 0 Å². The van der Waals surface area contributed by atoms with Gasteiger partial charge in [0.1, 0.15) is 11.6 Å². The Morgan fingerprint density at radius 1 is 1.03 bits per heavy atom. The molecule has 0 aliphatic carbocycles. The van der Waals surface area contributed by atoms with Crippen molar-refractivity contribution in [2.75, 3.05) is 19.8 Å². The van der Waals surface area contributed by atoms with Crippen LogP contribution in [0.2, 0.25) is 0 Å². The zero-order valence-electron chi connectivity index (χ0n) is 19.9. The largest absolute Gasteiger partial charge is 0.349 e. The molecular weight excluding hydrogens is 422 g/mol. The van der Waals surface area contributed by atoms with Gasteiger partial charge in [-0.05, 0) is 61.1 Å². The Labute approximate surface area is 196 Å². The molecule has 1 fully saturated rings. The summed E-state index contributed by atoms with van der Waals surface area (Å²) < 4.78 is 40.8. The van der Waals surface area contributed by atoms with E-state index in [2.05, 4.69) is 43.4 Å². The molecule has 3 N–H and O–H groups in total. The van der Waals surface area contributed by atoms with Crippen LogP contribution in [0.1, 0.15) is 68.6 Å². The number of aryl methyl sites for hydroxylation is 1. The smallest absolute Gasteiger partial charge is 0.176 e. The van der Waals surface area contributed by atoms with Crippen LogP contribution in [0.15, 0.2) is 42.5 Å². The maximum atomic E-state index is 14.2. The van der Waals surface area contributed by atoms with E-state index in [9.17, 15) is 8.78 Å². The number of rotatable bonds is 12. The van der Waals surface area contributed by atoms with Crippen molar-refractivity contribution in [2.24, 2.45) is 5.73 Å². The Bertz CT molecular complexity index is 851. The number of halogens is 2. The van der Waals surface area contributed by atoms with Crippen LogP contribution in [0.4, 0.5) is 8.78 Å². The molecule has 4 nitrogen and oxygen atoms in total. The van der Waals surface area contributed by atoms with Gasteiger partial charge in [-0.15, -0.1) is 0 Å². The van der Waals surface area contributed by atoms with Crippen molar-refractivity contribution in [3.63, 3.8) is 0 Å². The molecule has 3 rings (SSSR count).